The Morgan fingerprint density at radius 2 is 1.80 bits per heavy atom. The van der Waals surface area contributed by atoms with Gasteiger partial charge in [-0.25, -0.2) is 8.91 Å². The highest BCUT2D eigenvalue weighted by molar-refractivity contribution is 7.99. The SMILES string of the molecule is COc1ccc(-c2c(=O)ncn3nc(Sc4ccc(F)cc4)ccc23)c(Cl)c1OC. The summed E-state index contributed by atoms with van der Waals surface area (Å²) in [5.74, 6) is 0.481. The zero-order valence-electron chi connectivity index (χ0n) is 15.9. The Labute approximate surface area is 180 Å². The van der Waals surface area contributed by atoms with E-state index in [1.807, 2.05) is 0 Å². The van der Waals surface area contributed by atoms with E-state index in [0.29, 0.717) is 33.2 Å². The van der Waals surface area contributed by atoms with Crippen molar-refractivity contribution in [2.45, 2.75) is 9.92 Å². The Hall–Kier alpha value is -3.10. The largest absolute Gasteiger partial charge is 0.493 e. The van der Waals surface area contributed by atoms with Crippen LogP contribution in [0.2, 0.25) is 5.02 Å². The Morgan fingerprint density at radius 1 is 1.03 bits per heavy atom. The molecule has 0 unspecified atom stereocenters. The third-order valence-corrected chi connectivity index (χ3v) is 5.69. The Balaban J connectivity index is 1.83. The molecule has 0 spiro atoms. The van der Waals surface area contributed by atoms with Gasteiger partial charge in [-0.15, -0.1) is 0 Å². The van der Waals surface area contributed by atoms with Gasteiger partial charge >= 0.3 is 0 Å². The minimum Gasteiger partial charge on any atom is -0.493 e. The van der Waals surface area contributed by atoms with Crippen molar-refractivity contribution in [3.8, 4) is 22.6 Å². The number of nitrogens with zero attached hydrogens (tertiary/aromatic N) is 3. The number of hydrogen-bond acceptors (Lipinski definition) is 6. The summed E-state index contributed by atoms with van der Waals surface area (Å²) < 4.78 is 25.2. The number of ether oxygens (including phenoxy) is 2. The second-order valence-corrected chi connectivity index (χ2v) is 7.62. The molecule has 4 aromatic rings. The molecule has 0 N–H and O–H groups in total. The molecule has 6 nitrogen and oxygen atoms in total. The number of methoxy groups -OCH3 is 2. The minimum absolute atomic E-state index is 0.244. The molecule has 0 aliphatic heterocycles. The fourth-order valence-electron chi connectivity index (χ4n) is 3.00. The number of halogens is 2. The molecule has 30 heavy (non-hydrogen) atoms. The topological polar surface area (TPSA) is 65.7 Å². The second kappa shape index (κ2) is 8.33. The molecule has 0 saturated carbocycles. The van der Waals surface area contributed by atoms with Gasteiger partial charge in [-0.3, -0.25) is 4.79 Å². The van der Waals surface area contributed by atoms with Gasteiger partial charge in [-0.1, -0.05) is 23.4 Å². The van der Waals surface area contributed by atoms with Crippen LogP contribution < -0.4 is 15.0 Å². The number of rotatable bonds is 5. The van der Waals surface area contributed by atoms with Gasteiger partial charge in [0.05, 0.1) is 30.3 Å². The molecule has 0 bridgehead atoms. The van der Waals surface area contributed by atoms with Gasteiger partial charge in [0.1, 0.15) is 17.2 Å². The second-order valence-electron chi connectivity index (χ2n) is 6.14. The zero-order valence-corrected chi connectivity index (χ0v) is 17.5. The van der Waals surface area contributed by atoms with Gasteiger partial charge in [0.2, 0.25) is 0 Å². The lowest BCUT2D eigenvalue weighted by molar-refractivity contribution is 0.355. The first kappa shape index (κ1) is 20.2. The standard InChI is InChI=1S/C21H15ClFN3O3S/c1-28-16-9-7-14(19(22)20(16)29-2)18-15-8-10-17(25-26(15)11-24-21(18)27)30-13-5-3-12(23)4-6-13/h3-11H,1-2H3. The summed E-state index contributed by atoms with van der Waals surface area (Å²) in [6, 6.07) is 13.0. The van der Waals surface area contributed by atoms with E-state index in [4.69, 9.17) is 21.1 Å². The zero-order chi connectivity index (χ0) is 21.3. The van der Waals surface area contributed by atoms with E-state index in [2.05, 4.69) is 10.1 Å². The lowest BCUT2D eigenvalue weighted by Gasteiger charge is -2.14. The average Bonchev–Trinajstić information content (AvgIpc) is 2.75. The van der Waals surface area contributed by atoms with Crippen molar-refractivity contribution >= 4 is 28.9 Å². The van der Waals surface area contributed by atoms with E-state index >= 15 is 0 Å². The first-order valence-corrected chi connectivity index (χ1v) is 9.94. The van der Waals surface area contributed by atoms with Gasteiger partial charge in [0, 0.05) is 10.5 Å². The maximum Gasteiger partial charge on any atom is 0.281 e. The van der Waals surface area contributed by atoms with Crippen molar-refractivity contribution in [2.75, 3.05) is 14.2 Å². The van der Waals surface area contributed by atoms with Gasteiger partial charge < -0.3 is 9.47 Å². The Bertz CT molecular complexity index is 1300. The van der Waals surface area contributed by atoms with Crippen LogP contribution in [0, 0.1) is 5.82 Å². The molecular weight excluding hydrogens is 429 g/mol. The third kappa shape index (κ3) is 3.71. The van der Waals surface area contributed by atoms with Crippen LogP contribution in [-0.2, 0) is 0 Å². The lowest BCUT2D eigenvalue weighted by atomic mass is 10.1. The maximum absolute atomic E-state index is 13.1. The van der Waals surface area contributed by atoms with Crippen LogP contribution in [-0.4, -0.2) is 28.8 Å². The van der Waals surface area contributed by atoms with Crippen LogP contribution in [0.25, 0.3) is 16.6 Å². The Kier molecular flexibility index (Phi) is 5.61. The van der Waals surface area contributed by atoms with E-state index in [1.165, 1.54) is 49.0 Å². The highest BCUT2D eigenvalue weighted by Gasteiger charge is 2.19. The molecule has 2 aromatic heterocycles. The fourth-order valence-corrected chi connectivity index (χ4v) is 4.11. The molecular formula is C21H15ClFN3O3S. The van der Waals surface area contributed by atoms with Crippen molar-refractivity contribution in [3.63, 3.8) is 0 Å². The average molecular weight is 444 g/mol. The van der Waals surface area contributed by atoms with Crippen molar-refractivity contribution in [1.82, 2.24) is 14.6 Å². The van der Waals surface area contributed by atoms with Gasteiger partial charge in [0.15, 0.2) is 11.5 Å². The molecule has 0 aliphatic rings. The fraction of sp³-hybridized carbons (Fsp3) is 0.0952. The summed E-state index contributed by atoms with van der Waals surface area (Å²) >= 11 is 7.88. The van der Waals surface area contributed by atoms with E-state index in [9.17, 15) is 9.18 Å². The highest BCUT2D eigenvalue weighted by atomic mass is 35.5. The van der Waals surface area contributed by atoms with E-state index in [-0.39, 0.29) is 10.8 Å². The molecule has 0 saturated heterocycles. The lowest BCUT2D eigenvalue weighted by Crippen LogP contribution is -2.14. The maximum atomic E-state index is 13.1. The number of aromatic nitrogens is 3. The van der Waals surface area contributed by atoms with Crippen molar-refractivity contribution in [3.05, 3.63) is 76.1 Å². The number of fused-ring (bicyclic) bond motifs is 1. The quantitative estimate of drug-likeness (QED) is 0.444. The predicted octanol–water partition coefficient (Wildman–Crippen LogP) is 4.72. The van der Waals surface area contributed by atoms with Crippen LogP contribution in [0.1, 0.15) is 0 Å². The summed E-state index contributed by atoms with van der Waals surface area (Å²) in [4.78, 5) is 17.4. The smallest absolute Gasteiger partial charge is 0.281 e. The van der Waals surface area contributed by atoms with Crippen LogP contribution in [0.15, 0.2) is 69.6 Å². The molecule has 9 heteroatoms. The summed E-state index contributed by atoms with van der Waals surface area (Å²) in [5, 5.41) is 5.41. The van der Waals surface area contributed by atoms with E-state index in [0.717, 1.165) is 4.90 Å². The first-order chi connectivity index (χ1) is 14.5. The molecule has 0 aliphatic carbocycles. The predicted molar refractivity (Wildman–Crippen MR) is 113 cm³/mol. The van der Waals surface area contributed by atoms with Gasteiger partial charge in [0.25, 0.3) is 5.56 Å². The molecule has 152 valence electrons. The first-order valence-electron chi connectivity index (χ1n) is 8.75. The van der Waals surface area contributed by atoms with Crippen LogP contribution in [0.3, 0.4) is 0 Å². The molecule has 4 rings (SSSR count). The van der Waals surface area contributed by atoms with Gasteiger partial charge in [-0.2, -0.15) is 10.1 Å². The van der Waals surface area contributed by atoms with Crippen molar-refractivity contribution in [1.29, 1.82) is 0 Å². The van der Waals surface area contributed by atoms with Crippen LogP contribution in [0.5, 0.6) is 11.5 Å². The van der Waals surface area contributed by atoms with Crippen molar-refractivity contribution < 1.29 is 13.9 Å². The number of hydrogen-bond donors (Lipinski definition) is 0. The van der Waals surface area contributed by atoms with E-state index in [1.54, 1.807) is 36.4 Å². The monoisotopic (exact) mass is 443 g/mol. The molecule has 0 atom stereocenters. The van der Waals surface area contributed by atoms with E-state index < -0.39 is 5.56 Å². The summed E-state index contributed by atoms with van der Waals surface area (Å²) in [7, 11) is 2.98. The van der Waals surface area contributed by atoms with Crippen LogP contribution in [0.4, 0.5) is 4.39 Å². The normalized spacial score (nSPS) is 10.9. The number of benzene rings is 2. The van der Waals surface area contributed by atoms with Crippen molar-refractivity contribution in [2.24, 2.45) is 0 Å². The summed E-state index contributed by atoms with van der Waals surface area (Å²) in [6.07, 6.45) is 1.35. The highest BCUT2D eigenvalue weighted by Crippen LogP contribution is 2.41. The van der Waals surface area contributed by atoms with Crippen LogP contribution >= 0.6 is 23.4 Å². The van der Waals surface area contributed by atoms with Gasteiger partial charge in [-0.05, 0) is 48.5 Å². The molecule has 2 heterocycles. The molecule has 2 aromatic carbocycles. The summed E-state index contributed by atoms with van der Waals surface area (Å²) in [5.41, 5.74) is 0.859. The molecule has 0 amide bonds. The molecule has 0 radical (unpaired) electrons. The summed E-state index contributed by atoms with van der Waals surface area (Å²) in [6.45, 7) is 0. The Morgan fingerprint density at radius 3 is 2.50 bits per heavy atom. The third-order valence-electron chi connectivity index (χ3n) is 4.38. The minimum atomic E-state index is -0.440. The molecule has 0 fully saturated rings.